The highest BCUT2D eigenvalue weighted by Crippen LogP contribution is 2.19. The van der Waals surface area contributed by atoms with Crippen LogP contribution in [-0.4, -0.2) is 79.1 Å². The fourth-order valence-electron chi connectivity index (χ4n) is 3.10. The van der Waals surface area contributed by atoms with Gasteiger partial charge in [-0.2, -0.15) is 0 Å². The molecule has 0 aromatic rings. The molecule has 2 aliphatic heterocycles. The predicted molar refractivity (Wildman–Crippen MR) is 75.4 cm³/mol. The van der Waals surface area contributed by atoms with E-state index in [9.17, 15) is 9.59 Å². The second kappa shape index (κ2) is 6.92. The van der Waals surface area contributed by atoms with Crippen LogP contribution in [0.3, 0.4) is 0 Å². The third kappa shape index (κ3) is 3.23. The third-order valence-electron chi connectivity index (χ3n) is 4.33. The van der Waals surface area contributed by atoms with Crippen molar-refractivity contribution in [1.29, 1.82) is 0 Å². The van der Waals surface area contributed by atoms with Crippen LogP contribution in [0.5, 0.6) is 0 Å². The van der Waals surface area contributed by atoms with Gasteiger partial charge in [0.2, 0.25) is 5.91 Å². The van der Waals surface area contributed by atoms with Gasteiger partial charge in [-0.1, -0.05) is 13.3 Å². The van der Waals surface area contributed by atoms with Crippen LogP contribution in [0, 0.1) is 0 Å². The summed E-state index contributed by atoms with van der Waals surface area (Å²) in [4.78, 5) is 29.9. The van der Waals surface area contributed by atoms with Gasteiger partial charge in [-0.25, -0.2) is 4.79 Å². The van der Waals surface area contributed by atoms with Crippen molar-refractivity contribution in [3.63, 3.8) is 0 Å². The summed E-state index contributed by atoms with van der Waals surface area (Å²) in [6.07, 6.45) is 2.98. The summed E-state index contributed by atoms with van der Waals surface area (Å²) in [5.41, 5.74) is 0. The number of rotatable bonds is 2. The van der Waals surface area contributed by atoms with Gasteiger partial charge in [0.1, 0.15) is 0 Å². The summed E-state index contributed by atoms with van der Waals surface area (Å²) in [6, 6.07) is 0.0402. The van der Waals surface area contributed by atoms with Gasteiger partial charge in [-0.3, -0.25) is 9.69 Å². The molecule has 0 aromatic carbocycles. The minimum atomic E-state index is -0.301. The Morgan fingerprint density at radius 3 is 2.30 bits per heavy atom. The van der Waals surface area contributed by atoms with Gasteiger partial charge >= 0.3 is 6.09 Å². The number of carbonyl (C=O) groups excluding carboxylic acids is 2. The first-order valence-corrected chi connectivity index (χ1v) is 7.53. The second-order valence-corrected chi connectivity index (χ2v) is 5.42. The highest BCUT2D eigenvalue weighted by molar-refractivity contribution is 5.82. The van der Waals surface area contributed by atoms with Gasteiger partial charge in [-0.15, -0.1) is 0 Å². The number of nitrogens with zero attached hydrogens (tertiary/aromatic N) is 3. The molecule has 2 fully saturated rings. The number of hydrogen-bond acceptors (Lipinski definition) is 4. The number of ether oxygens (including phenoxy) is 1. The van der Waals surface area contributed by atoms with E-state index in [-0.39, 0.29) is 18.0 Å². The second-order valence-electron chi connectivity index (χ2n) is 5.42. The maximum absolute atomic E-state index is 12.6. The molecule has 0 radical (unpaired) electrons. The summed E-state index contributed by atoms with van der Waals surface area (Å²) in [5, 5.41) is 0. The molecule has 0 spiro atoms. The predicted octanol–water partition coefficient (Wildman–Crippen LogP) is 0.771. The molecule has 6 nitrogen and oxygen atoms in total. The molecule has 0 bridgehead atoms. The quantitative estimate of drug-likeness (QED) is 0.751. The van der Waals surface area contributed by atoms with Crippen LogP contribution in [0.1, 0.15) is 26.2 Å². The number of methoxy groups -OCH3 is 1. The Morgan fingerprint density at radius 2 is 1.70 bits per heavy atom. The lowest BCUT2D eigenvalue weighted by molar-refractivity contribution is -0.139. The first kappa shape index (κ1) is 15.1. The van der Waals surface area contributed by atoms with E-state index in [1.54, 1.807) is 4.90 Å². The zero-order chi connectivity index (χ0) is 14.5. The van der Waals surface area contributed by atoms with Gasteiger partial charge in [-0.05, 0) is 25.9 Å². The van der Waals surface area contributed by atoms with Crippen molar-refractivity contribution in [3.8, 4) is 0 Å². The lowest BCUT2D eigenvalue weighted by Gasteiger charge is -2.40. The van der Waals surface area contributed by atoms with E-state index < -0.39 is 0 Å². The molecule has 2 amide bonds. The average molecular weight is 283 g/mol. The smallest absolute Gasteiger partial charge is 0.409 e. The fraction of sp³-hybridized carbons (Fsp3) is 0.857. The first-order valence-electron chi connectivity index (χ1n) is 7.53. The summed E-state index contributed by atoms with van der Waals surface area (Å²) in [5.74, 6) is 0.232. The molecule has 114 valence electrons. The summed E-state index contributed by atoms with van der Waals surface area (Å²) in [6.45, 7) is 6.42. The zero-order valence-electron chi connectivity index (χ0n) is 12.5. The van der Waals surface area contributed by atoms with Gasteiger partial charge < -0.3 is 14.5 Å². The Labute approximate surface area is 120 Å². The molecule has 1 unspecified atom stereocenters. The maximum atomic E-state index is 12.6. The van der Waals surface area contributed by atoms with Crippen molar-refractivity contribution in [2.75, 3.05) is 46.4 Å². The molecule has 2 heterocycles. The summed E-state index contributed by atoms with van der Waals surface area (Å²) < 4.78 is 4.71. The SMILES string of the molecule is CCN1CCCCC1C(=O)N1CCN(C(=O)OC)CC1. The van der Waals surface area contributed by atoms with Crippen LogP contribution in [0.2, 0.25) is 0 Å². The lowest BCUT2D eigenvalue weighted by Crippen LogP contribution is -2.56. The highest BCUT2D eigenvalue weighted by atomic mass is 16.5. The van der Waals surface area contributed by atoms with E-state index in [2.05, 4.69) is 11.8 Å². The molecular formula is C14H25N3O3. The summed E-state index contributed by atoms with van der Waals surface area (Å²) >= 11 is 0. The molecular weight excluding hydrogens is 258 g/mol. The van der Waals surface area contributed by atoms with Crippen LogP contribution in [0.4, 0.5) is 4.79 Å². The Balaban J connectivity index is 1.89. The normalized spacial score (nSPS) is 24.6. The molecule has 1 atom stereocenters. The van der Waals surface area contributed by atoms with Gasteiger partial charge in [0.15, 0.2) is 0 Å². The van der Waals surface area contributed by atoms with Gasteiger partial charge in [0.25, 0.3) is 0 Å². The van der Waals surface area contributed by atoms with E-state index in [0.717, 1.165) is 25.9 Å². The largest absolute Gasteiger partial charge is 0.453 e. The molecule has 0 saturated carbocycles. The summed E-state index contributed by atoms with van der Waals surface area (Å²) in [7, 11) is 1.39. The van der Waals surface area contributed by atoms with Crippen molar-refractivity contribution in [1.82, 2.24) is 14.7 Å². The number of carbonyl (C=O) groups is 2. The van der Waals surface area contributed by atoms with Crippen molar-refractivity contribution in [2.45, 2.75) is 32.2 Å². The maximum Gasteiger partial charge on any atom is 0.409 e. The molecule has 0 aliphatic carbocycles. The topological polar surface area (TPSA) is 53.1 Å². The van der Waals surface area contributed by atoms with Crippen molar-refractivity contribution >= 4 is 12.0 Å². The van der Waals surface area contributed by atoms with E-state index >= 15 is 0 Å². The molecule has 2 saturated heterocycles. The van der Waals surface area contributed by atoms with E-state index in [1.807, 2.05) is 4.90 Å². The Bertz CT molecular complexity index is 354. The van der Waals surface area contributed by atoms with Crippen LogP contribution in [0.15, 0.2) is 0 Å². The number of piperazine rings is 1. The highest BCUT2D eigenvalue weighted by Gasteiger charge is 2.33. The van der Waals surface area contributed by atoms with Crippen molar-refractivity contribution in [3.05, 3.63) is 0 Å². The van der Waals surface area contributed by atoms with Crippen LogP contribution in [-0.2, 0) is 9.53 Å². The van der Waals surface area contributed by atoms with Crippen LogP contribution >= 0.6 is 0 Å². The van der Waals surface area contributed by atoms with Gasteiger partial charge in [0, 0.05) is 26.2 Å². The van der Waals surface area contributed by atoms with E-state index in [1.165, 1.54) is 13.5 Å². The minimum absolute atomic E-state index is 0.0402. The van der Waals surface area contributed by atoms with Crippen molar-refractivity contribution in [2.24, 2.45) is 0 Å². The van der Waals surface area contributed by atoms with E-state index in [4.69, 9.17) is 4.74 Å². The number of likely N-dealkylation sites (tertiary alicyclic amines) is 1. The van der Waals surface area contributed by atoms with Crippen LogP contribution in [0.25, 0.3) is 0 Å². The molecule has 20 heavy (non-hydrogen) atoms. The zero-order valence-corrected chi connectivity index (χ0v) is 12.5. The van der Waals surface area contributed by atoms with E-state index in [0.29, 0.717) is 26.2 Å². The number of amides is 2. The van der Waals surface area contributed by atoms with Crippen molar-refractivity contribution < 1.29 is 14.3 Å². The molecule has 6 heteroatoms. The number of piperidine rings is 1. The average Bonchev–Trinajstić information content (AvgIpc) is 2.53. The first-order chi connectivity index (χ1) is 9.67. The molecule has 2 aliphatic rings. The monoisotopic (exact) mass is 283 g/mol. The van der Waals surface area contributed by atoms with Crippen LogP contribution < -0.4 is 0 Å². The Morgan fingerprint density at radius 1 is 1.05 bits per heavy atom. The molecule has 2 rings (SSSR count). The number of hydrogen-bond donors (Lipinski definition) is 0. The lowest BCUT2D eigenvalue weighted by atomic mass is 10.0. The molecule has 0 N–H and O–H groups in total. The molecule has 0 aromatic heterocycles. The standard InChI is InChI=1S/C14H25N3O3/c1-3-15-7-5-4-6-12(15)13(18)16-8-10-17(11-9-16)14(19)20-2/h12H,3-11H2,1-2H3. The fourth-order valence-corrected chi connectivity index (χ4v) is 3.10. The Kier molecular flexibility index (Phi) is 5.23. The number of likely N-dealkylation sites (N-methyl/N-ethyl adjacent to an activating group) is 1. The third-order valence-corrected chi connectivity index (χ3v) is 4.33. The minimum Gasteiger partial charge on any atom is -0.453 e. The Hall–Kier alpha value is -1.30. The van der Waals surface area contributed by atoms with Gasteiger partial charge in [0.05, 0.1) is 13.2 Å².